The van der Waals surface area contributed by atoms with Crippen molar-refractivity contribution in [3.8, 4) is 0 Å². The summed E-state index contributed by atoms with van der Waals surface area (Å²) >= 11 is 0. The number of rotatable bonds is 12. The molecule has 1 unspecified atom stereocenters. The molecule has 0 saturated carbocycles. The molecule has 0 aromatic heterocycles. The third-order valence-electron chi connectivity index (χ3n) is 5.78. The van der Waals surface area contributed by atoms with Crippen LogP contribution in [0.25, 0.3) is 0 Å². The van der Waals surface area contributed by atoms with E-state index in [1.54, 1.807) is 11.0 Å². The van der Waals surface area contributed by atoms with E-state index in [0.717, 1.165) is 16.7 Å². The Kier molecular flexibility index (Phi) is 10.1. The smallest absolute Gasteiger partial charge is 0.242 e. The number of carbonyl (C=O) groups is 2. The molecule has 0 aliphatic rings. The highest BCUT2D eigenvalue weighted by Gasteiger charge is 2.28. The number of nitrogens with one attached hydrogen (secondary N) is 1. The van der Waals surface area contributed by atoms with Gasteiger partial charge in [0.05, 0.1) is 11.9 Å². The van der Waals surface area contributed by atoms with Gasteiger partial charge < -0.3 is 10.2 Å². The summed E-state index contributed by atoms with van der Waals surface area (Å²) in [6.07, 6.45) is 2.14. The fourth-order valence-corrected chi connectivity index (χ4v) is 4.93. The van der Waals surface area contributed by atoms with Gasteiger partial charge in [-0.25, -0.2) is 8.42 Å². The largest absolute Gasteiger partial charge is 0.355 e. The van der Waals surface area contributed by atoms with Gasteiger partial charge in [0.25, 0.3) is 0 Å². The molecule has 2 amide bonds. The first-order valence-electron chi connectivity index (χ1n) is 11.7. The molecule has 0 bridgehead atoms. The van der Waals surface area contributed by atoms with Crippen LogP contribution in [0.4, 0.5) is 5.69 Å². The van der Waals surface area contributed by atoms with Crippen LogP contribution in [0.5, 0.6) is 0 Å². The average Bonchev–Trinajstić information content (AvgIpc) is 2.77. The van der Waals surface area contributed by atoms with E-state index in [2.05, 4.69) is 5.32 Å². The lowest BCUT2D eigenvalue weighted by molar-refractivity contribution is -0.141. The van der Waals surface area contributed by atoms with Crippen molar-refractivity contribution in [1.82, 2.24) is 10.2 Å². The first-order chi connectivity index (χ1) is 16.1. The average molecular weight is 488 g/mol. The van der Waals surface area contributed by atoms with Gasteiger partial charge >= 0.3 is 0 Å². The van der Waals surface area contributed by atoms with E-state index in [0.29, 0.717) is 31.6 Å². The fourth-order valence-electron chi connectivity index (χ4n) is 3.97. The van der Waals surface area contributed by atoms with Gasteiger partial charge in [-0.3, -0.25) is 13.9 Å². The van der Waals surface area contributed by atoms with E-state index in [1.165, 1.54) is 10.6 Å². The molecule has 0 spiro atoms. The number of aryl methyl sites for hydroxylation is 2. The molecule has 0 aliphatic heterocycles. The van der Waals surface area contributed by atoms with Gasteiger partial charge in [-0.1, -0.05) is 43.3 Å². The topological polar surface area (TPSA) is 86.8 Å². The summed E-state index contributed by atoms with van der Waals surface area (Å²) < 4.78 is 26.2. The molecule has 2 aromatic rings. The molecule has 34 heavy (non-hydrogen) atoms. The molecule has 0 fully saturated rings. The number of nitrogens with zero attached hydrogens (tertiary/aromatic N) is 2. The highest BCUT2D eigenvalue weighted by Crippen LogP contribution is 2.21. The second-order valence-electron chi connectivity index (χ2n) is 8.54. The molecule has 1 N–H and O–H groups in total. The molecular weight excluding hydrogens is 450 g/mol. The Balaban J connectivity index is 2.21. The summed E-state index contributed by atoms with van der Waals surface area (Å²) in [5.41, 5.74) is 3.57. The van der Waals surface area contributed by atoms with E-state index >= 15 is 0 Å². The molecule has 2 aromatic carbocycles. The number of carbonyl (C=O) groups excluding carboxylic acids is 2. The fraction of sp³-hybridized carbons (Fsp3) is 0.462. The minimum absolute atomic E-state index is 0.139. The predicted molar refractivity (Wildman–Crippen MR) is 137 cm³/mol. The lowest BCUT2D eigenvalue weighted by atomic mass is 10.1. The van der Waals surface area contributed by atoms with Gasteiger partial charge in [0.2, 0.25) is 21.8 Å². The molecule has 0 saturated heterocycles. The highest BCUT2D eigenvalue weighted by atomic mass is 32.2. The van der Waals surface area contributed by atoms with Crippen molar-refractivity contribution in [2.75, 3.05) is 23.7 Å². The number of likely N-dealkylation sites (N-methyl/N-ethyl adjacent to an activating group) is 1. The van der Waals surface area contributed by atoms with Crippen LogP contribution in [0.2, 0.25) is 0 Å². The van der Waals surface area contributed by atoms with Crippen LogP contribution in [0.15, 0.2) is 48.5 Å². The molecule has 0 aliphatic carbocycles. The van der Waals surface area contributed by atoms with E-state index in [9.17, 15) is 18.0 Å². The first kappa shape index (κ1) is 27.4. The summed E-state index contributed by atoms with van der Waals surface area (Å²) in [6, 6.07) is 14.5. The Morgan fingerprint density at radius 3 is 2.32 bits per heavy atom. The van der Waals surface area contributed by atoms with E-state index in [-0.39, 0.29) is 24.8 Å². The number of benzene rings is 2. The van der Waals surface area contributed by atoms with Crippen molar-refractivity contribution >= 4 is 27.5 Å². The third kappa shape index (κ3) is 7.58. The molecule has 0 radical (unpaired) electrons. The van der Waals surface area contributed by atoms with Crippen LogP contribution in [0.3, 0.4) is 0 Å². The van der Waals surface area contributed by atoms with Crippen molar-refractivity contribution in [2.45, 2.75) is 59.5 Å². The van der Waals surface area contributed by atoms with Crippen molar-refractivity contribution in [2.24, 2.45) is 0 Å². The lowest BCUT2D eigenvalue weighted by Crippen LogP contribution is -2.49. The number of hydrogen-bond donors (Lipinski definition) is 1. The Bertz CT molecular complexity index is 1080. The second-order valence-corrected chi connectivity index (χ2v) is 10.5. The monoisotopic (exact) mass is 487 g/mol. The Morgan fingerprint density at radius 1 is 1.03 bits per heavy atom. The van der Waals surface area contributed by atoms with Crippen molar-refractivity contribution in [3.63, 3.8) is 0 Å². The standard InChI is InChI=1S/C26H37N3O4S/c1-6-24(26(31)27-7-2)28(19-22-14-9-8-13-21(22)4)25(30)16-11-17-29(34(5,32)33)23-15-10-12-20(3)18-23/h8-10,12-15,18,24H,6-7,11,16-17,19H2,1-5H3,(H,27,31). The summed E-state index contributed by atoms with van der Waals surface area (Å²) in [6.45, 7) is 8.63. The normalized spacial score (nSPS) is 12.1. The first-order valence-corrected chi connectivity index (χ1v) is 13.6. The maximum Gasteiger partial charge on any atom is 0.242 e. The van der Waals surface area contributed by atoms with Crippen LogP contribution in [-0.2, 0) is 26.2 Å². The Hall–Kier alpha value is -2.87. The third-order valence-corrected chi connectivity index (χ3v) is 6.97. The van der Waals surface area contributed by atoms with Crippen LogP contribution in [-0.4, -0.2) is 50.5 Å². The molecular formula is C26H37N3O4S. The number of hydrogen-bond acceptors (Lipinski definition) is 4. The van der Waals surface area contributed by atoms with Gasteiger partial charge in [0.15, 0.2) is 0 Å². The molecule has 7 nitrogen and oxygen atoms in total. The minimum Gasteiger partial charge on any atom is -0.355 e. The molecule has 8 heteroatoms. The zero-order chi connectivity index (χ0) is 25.3. The molecule has 1 atom stereocenters. The van der Waals surface area contributed by atoms with Gasteiger partial charge in [-0.2, -0.15) is 0 Å². The van der Waals surface area contributed by atoms with Gasteiger partial charge in [-0.05, 0) is 62.4 Å². The zero-order valence-electron chi connectivity index (χ0n) is 20.9. The second kappa shape index (κ2) is 12.6. The van der Waals surface area contributed by atoms with Crippen LogP contribution in [0, 0.1) is 13.8 Å². The molecule has 0 heterocycles. The van der Waals surface area contributed by atoms with Crippen molar-refractivity contribution in [3.05, 3.63) is 65.2 Å². The number of anilines is 1. The predicted octanol–water partition coefficient (Wildman–Crippen LogP) is 3.79. The van der Waals surface area contributed by atoms with E-state index < -0.39 is 16.1 Å². The van der Waals surface area contributed by atoms with Crippen molar-refractivity contribution in [1.29, 1.82) is 0 Å². The van der Waals surface area contributed by atoms with Crippen LogP contribution < -0.4 is 9.62 Å². The molecule has 186 valence electrons. The quantitative estimate of drug-likeness (QED) is 0.493. The van der Waals surface area contributed by atoms with Crippen LogP contribution in [0.1, 0.15) is 49.8 Å². The SMILES string of the molecule is CCNC(=O)C(CC)N(Cc1ccccc1C)C(=O)CCCN(c1cccc(C)c1)S(C)(=O)=O. The zero-order valence-corrected chi connectivity index (χ0v) is 21.7. The Morgan fingerprint density at radius 2 is 1.74 bits per heavy atom. The van der Waals surface area contributed by atoms with E-state index in [4.69, 9.17) is 0 Å². The maximum atomic E-state index is 13.4. The minimum atomic E-state index is -3.50. The van der Waals surface area contributed by atoms with Crippen molar-refractivity contribution < 1.29 is 18.0 Å². The van der Waals surface area contributed by atoms with Crippen LogP contribution >= 0.6 is 0 Å². The van der Waals surface area contributed by atoms with Gasteiger partial charge in [0.1, 0.15) is 6.04 Å². The summed E-state index contributed by atoms with van der Waals surface area (Å²) in [7, 11) is -3.50. The Labute approximate surface area is 204 Å². The molecule has 2 rings (SSSR count). The van der Waals surface area contributed by atoms with Gasteiger partial charge in [0, 0.05) is 26.1 Å². The maximum absolute atomic E-state index is 13.4. The summed E-state index contributed by atoms with van der Waals surface area (Å²) in [4.78, 5) is 27.7. The van der Waals surface area contributed by atoms with E-state index in [1.807, 2.05) is 70.2 Å². The summed E-state index contributed by atoms with van der Waals surface area (Å²) in [5.74, 6) is -0.344. The van der Waals surface area contributed by atoms with Gasteiger partial charge in [-0.15, -0.1) is 0 Å². The number of amides is 2. The summed E-state index contributed by atoms with van der Waals surface area (Å²) in [5, 5.41) is 2.83. The number of sulfonamides is 1. The lowest BCUT2D eigenvalue weighted by Gasteiger charge is -2.31. The highest BCUT2D eigenvalue weighted by molar-refractivity contribution is 7.92.